The lowest BCUT2D eigenvalue weighted by Crippen LogP contribution is -2.30. The molecule has 6 nitrogen and oxygen atoms in total. The maximum absolute atomic E-state index is 12.8. The van der Waals surface area contributed by atoms with E-state index in [0.29, 0.717) is 19.3 Å². The monoisotopic (exact) mass is 887 g/mol. The lowest BCUT2D eigenvalue weighted by molar-refractivity contribution is -0.167. The number of hydrogen-bond acceptors (Lipinski definition) is 6. The molecular weight excluding hydrogens is 781 g/mol. The van der Waals surface area contributed by atoms with Crippen LogP contribution >= 0.6 is 0 Å². The SMILES string of the molecule is CCCCCC/C=C\CCCCCCCCCC(=O)OC[C@H](COC(=O)CCCCCCCCCCCCC)OC(=O)CCCCCCCCCCC/C=C\CCCCCCCC. The standard InChI is InChI=1S/C57H106O6/c1-4-7-10-13-16-19-22-24-26-27-28-29-31-33-36-39-42-45-48-51-57(60)63-54(52-61-55(58)49-46-43-40-37-34-21-18-15-12-9-6-3)53-62-56(59)50-47-44-41-38-35-32-30-25-23-20-17-14-11-8-5-2/h20,23-24,26,54H,4-19,21-22,25,27-53H2,1-3H3/b23-20-,26-24-/t54-/m0/s1. The summed E-state index contributed by atoms with van der Waals surface area (Å²) >= 11 is 0. The van der Waals surface area contributed by atoms with E-state index in [1.165, 1.54) is 205 Å². The summed E-state index contributed by atoms with van der Waals surface area (Å²) in [4.78, 5) is 38.0. The molecule has 0 amide bonds. The molecule has 0 saturated carbocycles. The number of carbonyl (C=O) groups excluding carboxylic acids is 3. The van der Waals surface area contributed by atoms with E-state index in [0.717, 1.165) is 57.8 Å². The molecule has 0 heterocycles. The molecule has 1 atom stereocenters. The average molecular weight is 887 g/mol. The van der Waals surface area contributed by atoms with Crippen LogP contribution in [0.3, 0.4) is 0 Å². The number of ether oxygens (including phenoxy) is 3. The fourth-order valence-corrected chi connectivity index (χ4v) is 8.20. The molecule has 0 rings (SSSR count). The Kier molecular flexibility index (Phi) is 50.8. The highest BCUT2D eigenvalue weighted by atomic mass is 16.6. The van der Waals surface area contributed by atoms with Crippen molar-refractivity contribution >= 4 is 17.9 Å². The van der Waals surface area contributed by atoms with E-state index in [1.54, 1.807) is 0 Å². The van der Waals surface area contributed by atoms with Gasteiger partial charge in [-0.15, -0.1) is 0 Å². The number of esters is 3. The highest BCUT2D eigenvalue weighted by Crippen LogP contribution is 2.16. The van der Waals surface area contributed by atoms with Crippen molar-refractivity contribution in [2.24, 2.45) is 0 Å². The first-order valence-corrected chi connectivity index (χ1v) is 27.8. The lowest BCUT2D eigenvalue weighted by atomic mass is 10.1. The Hall–Kier alpha value is -2.11. The number of hydrogen-bond donors (Lipinski definition) is 0. The van der Waals surface area contributed by atoms with Crippen LogP contribution < -0.4 is 0 Å². The second-order valence-electron chi connectivity index (χ2n) is 18.8. The van der Waals surface area contributed by atoms with Crippen LogP contribution in [-0.2, 0) is 28.6 Å². The molecular formula is C57H106O6. The van der Waals surface area contributed by atoms with Crippen molar-refractivity contribution in [2.45, 2.75) is 309 Å². The molecule has 0 aliphatic rings. The van der Waals surface area contributed by atoms with Gasteiger partial charge in [-0.05, 0) is 70.6 Å². The van der Waals surface area contributed by atoms with Gasteiger partial charge in [-0.3, -0.25) is 14.4 Å². The van der Waals surface area contributed by atoms with Gasteiger partial charge in [-0.25, -0.2) is 0 Å². The summed E-state index contributed by atoms with van der Waals surface area (Å²) in [5.41, 5.74) is 0. The van der Waals surface area contributed by atoms with Crippen molar-refractivity contribution in [3.05, 3.63) is 24.3 Å². The van der Waals surface area contributed by atoms with Crippen LogP contribution in [0.25, 0.3) is 0 Å². The first-order valence-electron chi connectivity index (χ1n) is 27.8. The van der Waals surface area contributed by atoms with Crippen LogP contribution in [-0.4, -0.2) is 37.2 Å². The van der Waals surface area contributed by atoms with Gasteiger partial charge in [0, 0.05) is 19.3 Å². The van der Waals surface area contributed by atoms with Crippen molar-refractivity contribution < 1.29 is 28.6 Å². The van der Waals surface area contributed by atoms with Gasteiger partial charge < -0.3 is 14.2 Å². The van der Waals surface area contributed by atoms with E-state index < -0.39 is 6.10 Å². The highest BCUT2D eigenvalue weighted by molar-refractivity contribution is 5.71. The van der Waals surface area contributed by atoms with E-state index in [4.69, 9.17) is 14.2 Å². The van der Waals surface area contributed by atoms with Gasteiger partial charge in [0.25, 0.3) is 0 Å². The maximum atomic E-state index is 12.8. The van der Waals surface area contributed by atoms with Crippen molar-refractivity contribution in [3.8, 4) is 0 Å². The zero-order valence-corrected chi connectivity index (χ0v) is 42.4. The summed E-state index contributed by atoms with van der Waals surface area (Å²) in [6, 6.07) is 0. The number of allylic oxidation sites excluding steroid dienone is 4. The molecule has 6 heteroatoms. The van der Waals surface area contributed by atoms with Gasteiger partial charge in [0.15, 0.2) is 6.10 Å². The molecule has 0 unspecified atom stereocenters. The molecule has 0 bridgehead atoms. The fraction of sp³-hybridized carbons (Fsp3) is 0.877. The summed E-state index contributed by atoms with van der Waals surface area (Å²) in [6.45, 7) is 6.65. The van der Waals surface area contributed by atoms with E-state index in [9.17, 15) is 14.4 Å². The van der Waals surface area contributed by atoms with E-state index in [-0.39, 0.29) is 31.1 Å². The van der Waals surface area contributed by atoms with E-state index >= 15 is 0 Å². The second-order valence-corrected chi connectivity index (χ2v) is 18.8. The minimum Gasteiger partial charge on any atom is -0.462 e. The molecule has 370 valence electrons. The van der Waals surface area contributed by atoms with E-state index in [1.807, 2.05) is 0 Å². The second kappa shape index (κ2) is 52.5. The molecule has 0 N–H and O–H groups in total. The zero-order valence-electron chi connectivity index (χ0n) is 42.4. The molecule has 0 radical (unpaired) electrons. The number of carbonyl (C=O) groups is 3. The first kappa shape index (κ1) is 60.9. The Bertz CT molecular complexity index is 1020. The third kappa shape index (κ3) is 50.7. The van der Waals surface area contributed by atoms with Gasteiger partial charge in [0.05, 0.1) is 0 Å². The van der Waals surface area contributed by atoms with E-state index in [2.05, 4.69) is 45.1 Å². The largest absolute Gasteiger partial charge is 0.462 e. The van der Waals surface area contributed by atoms with Crippen LogP contribution in [0.15, 0.2) is 24.3 Å². The van der Waals surface area contributed by atoms with Crippen molar-refractivity contribution in [1.82, 2.24) is 0 Å². The zero-order chi connectivity index (χ0) is 45.8. The predicted molar refractivity (Wildman–Crippen MR) is 270 cm³/mol. The molecule has 0 aromatic rings. The number of rotatable bonds is 51. The van der Waals surface area contributed by atoms with Crippen molar-refractivity contribution in [3.63, 3.8) is 0 Å². The smallest absolute Gasteiger partial charge is 0.306 e. The molecule has 63 heavy (non-hydrogen) atoms. The van der Waals surface area contributed by atoms with Crippen molar-refractivity contribution in [1.29, 1.82) is 0 Å². The summed E-state index contributed by atoms with van der Waals surface area (Å²) in [5.74, 6) is -0.861. The Morgan fingerprint density at radius 2 is 0.524 bits per heavy atom. The van der Waals surface area contributed by atoms with Gasteiger partial charge in [-0.1, -0.05) is 238 Å². The predicted octanol–water partition coefficient (Wildman–Crippen LogP) is 18.3. The van der Waals surface area contributed by atoms with Crippen LogP contribution in [0.1, 0.15) is 303 Å². The Morgan fingerprint density at radius 1 is 0.302 bits per heavy atom. The third-order valence-corrected chi connectivity index (χ3v) is 12.4. The topological polar surface area (TPSA) is 78.9 Å². The summed E-state index contributed by atoms with van der Waals surface area (Å²) in [7, 11) is 0. The first-order chi connectivity index (χ1) is 31.0. The van der Waals surface area contributed by atoms with Crippen LogP contribution in [0, 0.1) is 0 Å². The van der Waals surface area contributed by atoms with Gasteiger partial charge in [0.2, 0.25) is 0 Å². The summed E-state index contributed by atoms with van der Waals surface area (Å²) in [6.07, 6.45) is 60.2. The fourth-order valence-electron chi connectivity index (χ4n) is 8.20. The van der Waals surface area contributed by atoms with Crippen LogP contribution in [0.2, 0.25) is 0 Å². The summed E-state index contributed by atoms with van der Waals surface area (Å²) in [5, 5.41) is 0. The molecule has 0 spiro atoms. The van der Waals surface area contributed by atoms with Gasteiger partial charge in [0.1, 0.15) is 13.2 Å². The normalized spacial score (nSPS) is 12.1. The molecule has 0 aliphatic heterocycles. The third-order valence-electron chi connectivity index (χ3n) is 12.4. The maximum Gasteiger partial charge on any atom is 0.306 e. The molecule has 0 fully saturated rings. The van der Waals surface area contributed by atoms with Gasteiger partial charge >= 0.3 is 17.9 Å². The molecule has 0 saturated heterocycles. The minimum absolute atomic E-state index is 0.0693. The molecule has 0 aliphatic carbocycles. The quantitative estimate of drug-likeness (QED) is 0.0262. The van der Waals surface area contributed by atoms with Crippen molar-refractivity contribution in [2.75, 3.05) is 13.2 Å². The van der Waals surface area contributed by atoms with Gasteiger partial charge in [-0.2, -0.15) is 0 Å². The molecule has 0 aromatic carbocycles. The minimum atomic E-state index is -0.769. The Balaban J connectivity index is 4.31. The Morgan fingerprint density at radius 3 is 0.810 bits per heavy atom. The average Bonchev–Trinajstić information content (AvgIpc) is 3.28. The summed E-state index contributed by atoms with van der Waals surface area (Å²) < 4.78 is 16.8. The lowest BCUT2D eigenvalue weighted by Gasteiger charge is -2.18. The van der Waals surface area contributed by atoms with Crippen LogP contribution in [0.4, 0.5) is 0 Å². The molecule has 0 aromatic heterocycles. The Labute approximate surface area is 392 Å². The highest BCUT2D eigenvalue weighted by Gasteiger charge is 2.19. The number of unbranched alkanes of at least 4 members (excludes halogenated alkanes) is 36. The van der Waals surface area contributed by atoms with Crippen LogP contribution in [0.5, 0.6) is 0 Å².